The highest BCUT2D eigenvalue weighted by Gasteiger charge is 2.11. The number of nitrogen functional groups attached to an aromatic ring is 1. The molecular formula is C13H16N4OS. The lowest BCUT2D eigenvalue weighted by Gasteiger charge is -2.09. The molecule has 0 fully saturated rings. The minimum absolute atomic E-state index is 0.107. The van der Waals surface area contributed by atoms with Crippen LogP contribution in [0.15, 0.2) is 30.3 Å². The first-order chi connectivity index (χ1) is 9.26. The number of anilines is 1. The summed E-state index contributed by atoms with van der Waals surface area (Å²) in [5, 5.41) is 3.71. The summed E-state index contributed by atoms with van der Waals surface area (Å²) in [6.07, 6.45) is 2.00. The molecule has 6 heteroatoms. The Hall–Kier alpha value is -1.79. The molecule has 1 heterocycles. The zero-order chi connectivity index (χ0) is 13.7. The molecule has 1 amide bonds. The van der Waals surface area contributed by atoms with Crippen LogP contribution in [0.3, 0.4) is 0 Å². The van der Waals surface area contributed by atoms with Gasteiger partial charge in [0, 0.05) is 17.7 Å². The van der Waals surface area contributed by atoms with E-state index in [-0.39, 0.29) is 5.91 Å². The first kappa shape index (κ1) is 13.6. The molecule has 19 heavy (non-hydrogen) atoms. The molecule has 5 nitrogen and oxygen atoms in total. The maximum absolute atomic E-state index is 12.2. The molecule has 0 aliphatic carbocycles. The number of carbonyl (C=O) groups is 1. The van der Waals surface area contributed by atoms with Crippen molar-refractivity contribution in [2.75, 3.05) is 24.0 Å². The first-order valence-electron chi connectivity index (χ1n) is 5.90. The molecule has 0 unspecified atom stereocenters. The molecule has 0 aliphatic rings. The summed E-state index contributed by atoms with van der Waals surface area (Å²) in [4.78, 5) is 16.5. The second kappa shape index (κ2) is 6.40. The summed E-state index contributed by atoms with van der Waals surface area (Å²) in [6, 6.07) is 9.17. The average molecular weight is 276 g/mol. The van der Waals surface area contributed by atoms with Gasteiger partial charge in [0.15, 0.2) is 0 Å². The highest BCUT2D eigenvalue weighted by molar-refractivity contribution is 7.98. The van der Waals surface area contributed by atoms with Crippen LogP contribution in [-0.2, 0) is 0 Å². The second-order valence-electron chi connectivity index (χ2n) is 3.97. The molecule has 0 spiro atoms. The number of fused-ring (bicyclic) bond motifs is 1. The Morgan fingerprint density at radius 1 is 1.42 bits per heavy atom. The maximum Gasteiger partial charge on any atom is 0.252 e. The van der Waals surface area contributed by atoms with E-state index in [1.165, 1.54) is 0 Å². The lowest BCUT2D eigenvalue weighted by Crippen LogP contribution is -2.26. The van der Waals surface area contributed by atoms with Crippen molar-refractivity contribution in [2.45, 2.75) is 0 Å². The van der Waals surface area contributed by atoms with Gasteiger partial charge in [0.1, 0.15) is 5.82 Å². The van der Waals surface area contributed by atoms with Crippen molar-refractivity contribution in [2.24, 2.45) is 5.84 Å². The number of thioether (sulfide) groups is 1. The van der Waals surface area contributed by atoms with Crippen molar-refractivity contribution in [3.8, 4) is 0 Å². The molecule has 0 radical (unpaired) electrons. The molecule has 0 atom stereocenters. The SMILES string of the molecule is CSCCNC(=O)c1cc(NN)nc2ccccc12. The number of aromatic nitrogens is 1. The Balaban J connectivity index is 2.37. The third-order valence-corrected chi connectivity index (χ3v) is 3.31. The Morgan fingerprint density at radius 2 is 2.21 bits per heavy atom. The number of hydrogen-bond donors (Lipinski definition) is 3. The van der Waals surface area contributed by atoms with Gasteiger partial charge in [-0.1, -0.05) is 18.2 Å². The Kier molecular flexibility index (Phi) is 4.59. The van der Waals surface area contributed by atoms with Crippen LogP contribution in [-0.4, -0.2) is 29.4 Å². The van der Waals surface area contributed by atoms with Crippen LogP contribution in [0.5, 0.6) is 0 Å². The van der Waals surface area contributed by atoms with Gasteiger partial charge in [-0.15, -0.1) is 0 Å². The highest BCUT2D eigenvalue weighted by Crippen LogP contribution is 2.20. The number of hydrogen-bond acceptors (Lipinski definition) is 5. The standard InChI is InChI=1S/C13H16N4OS/c1-19-7-6-15-13(18)10-8-12(17-14)16-11-5-3-2-4-9(10)11/h2-5,8H,6-7,14H2,1H3,(H,15,18)(H,16,17). The smallest absolute Gasteiger partial charge is 0.252 e. The molecule has 2 rings (SSSR count). The van der Waals surface area contributed by atoms with Crippen LogP contribution in [0.2, 0.25) is 0 Å². The highest BCUT2D eigenvalue weighted by atomic mass is 32.2. The van der Waals surface area contributed by atoms with Gasteiger partial charge in [-0.2, -0.15) is 11.8 Å². The van der Waals surface area contributed by atoms with E-state index in [4.69, 9.17) is 5.84 Å². The maximum atomic E-state index is 12.2. The molecule has 0 aliphatic heterocycles. The van der Waals surface area contributed by atoms with Crippen LogP contribution in [0.4, 0.5) is 5.82 Å². The summed E-state index contributed by atoms with van der Waals surface area (Å²) in [7, 11) is 0. The summed E-state index contributed by atoms with van der Waals surface area (Å²) in [5.74, 6) is 6.64. The quantitative estimate of drug-likeness (QED) is 0.439. The fourth-order valence-electron chi connectivity index (χ4n) is 1.80. The Morgan fingerprint density at radius 3 is 2.95 bits per heavy atom. The predicted molar refractivity (Wildman–Crippen MR) is 80.3 cm³/mol. The van der Waals surface area contributed by atoms with Crippen molar-refractivity contribution in [3.05, 3.63) is 35.9 Å². The minimum Gasteiger partial charge on any atom is -0.351 e. The average Bonchev–Trinajstić information content (AvgIpc) is 2.46. The van der Waals surface area contributed by atoms with Crippen molar-refractivity contribution in [3.63, 3.8) is 0 Å². The van der Waals surface area contributed by atoms with E-state index in [0.717, 1.165) is 16.7 Å². The summed E-state index contributed by atoms with van der Waals surface area (Å²) in [5.41, 5.74) is 3.81. The molecule has 0 bridgehead atoms. The van der Waals surface area contributed by atoms with Gasteiger partial charge in [-0.05, 0) is 18.4 Å². The number of rotatable bonds is 5. The van der Waals surface area contributed by atoms with Gasteiger partial charge in [0.25, 0.3) is 5.91 Å². The van der Waals surface area contributed by atoms with E-state index in [0.29, 0.717) is 17.9 Å². The number of benzene rings is 1. The number of nitrogens with one attached hydrogen (secondary N) is 2. The summed E-state index contributed by atoms with van der Waals surface area (Å²) in [6.45, 7) is 0.641. The van der Waals surface area contributed by atoms with Crippen LogP contribution in [0, 0.1) is 0 Å². The molecule has 4 N–H and O–H groups in total. The van der Waals surface area contributed by atoms with Crippen LogP contribution in [0.1, 0.15) is 10.4 Å². The van der Waals surface area contributed by atoms with Crippen LogP contribution in [0.25, 0.3) is 10.9 Å². The predicted octanol–water partition coefficient (Wildman–Crippen LogP) is 1.61. The summed E-state index contributed by atoms with van der Waals surface area (Å²) < 4.78 is 0. The van der Waals surface area contributed by atoms with Crippen molar-refractivity contribution in [1.82, 2.24) is 10.3 Å². The van der Waals surface area contributed by atoms with Gasteiger partial charge < -0.3 is 10.7 Å². The molecule has 1 aromatic heterocycles. The number of nitrogens with two attached hydrogens (primary N) is 1. The van der Waals surface area contributed by atoms with Gasteiger partial charge in [0.2, 0.25) is 0 Å². The summed E-state index contributed by atoms with van der Waals surface area (Å²) >= 11 is 1.69. The minimum atomic E-state index is -0.107. The Labute approximate surface area is 115 Å². The lowest BCUT2D eigenvalue weighted by atomic mass is 10.1. The molecule has 0 saturated carbocycles. The van der Waals surface area contributed by atoms with Gasteiger partial charge in [0.05, 0.1) is 11.1 Å². The van der Waals surface area contributed by atoms with Gasteiger partial charge in [-0.25, -0.2) is 10.8 Å². The molecule has 2 aromatic rings. The van der Waals surface area contributed by atoms with Crippen LogP contribution < -0.4 is 16.6 Å². The van der Waals surface area contributed by atoms with Crippen molar-refractivity contribution in [1.29, 1.82) is 0 Å². The number of amides is 1. The number of para-hydroxylation sites is 1. The number of pyridine rings is 1. The Bertz CT molecular complexity index is 588. The van der Waals surface area contributed by atoms with E-state index in [9.17, 15) is 4.79 Å². The molecular weight excluding hydrogens is 260 g/mol. The van der Waals surface area contributed by atoms with E-state index in [1.807, 2.05) is 30.5 Å². The number of nitrogens with zero attached hydrogens (tertiary/aromatic N) is 1. The largest absolute Gasteiger partial charge is 0.351 e. The van der Waals surface area contributed by atoms with Gasteiger partial charge >= 0.3 is 0 Å². The fourth-order valence-corrected chi connectivity index (χ4v) is 2.11. The van der Waals surface area contributed by atoms with Crippen LogP contribution >= 0.6 is 11.8 Å². The van der Waals surface area contributed by atoms with Crippen molar-refractivity contribution >= 4 is 34.4 Å². The molecule has 100 valence electrons. The third kappa shape index (κ3) is 3.15. The van der Waals surface area contributed by atoms with E-state index < -0.39 is 0 Å². The fraction of sp³-hybridized carbons (Fsp3) is 0.231. The van der Waals surface area contributed by atoms with E-state index >= 15 is 0 Å². The van der Waals surface area contributed by atoms with E-state index in [1.54, 1.807) is 17.8 Å². The zero-order valence-corrected chi connectivity index (χ0v) is 11.5. The molecule has 1 aromatic carbocycles. The second-order valence-corrected chi connectivity index (χ2v) is 4.95. The lowest BCUT2D eigenvalue weighted by molar-refractivity contribution is 0.0958. The topological polar surface area (TPSA) is 80.0 Å². The van der Waals surface area contributed by atoms with Crippen molar-refractivity contribution < 1.29 is 4.79 Å². The first-order valence-corrected chi connectivity index (χ1v) is 7.29. The zero-order valence-electron chi connectivity index (χ0n) is 10.6. The molecule has 0 saturated heterocycles. The number of hydrazine groups is 1. The monoisotopic (exact) mass is 276 g/mol. The van der Waals surface area contributed by atoms with Gasteiger partial charge in [-0.3, -0.25) is 4.79 Å². The number of carbonyl (C=O) groups excluding carboxylic acids is 1. The third-order valence-electron chi connectivity index (χ3n) is 2.70. The van der Waals surface area contributed by atoms with E-state index in [2.05, 4.69) is 15.7 Å². The normalized spacial score (nSPS) is 10.4.